The number of likely N-dealkylation sites (N-methyl/N-ethyl adjacent to an activating group) is 1. The maximum atomic E-state index is 14.5. The van der Waals surface area contributed by atoms with E-state index in [0.29, 0.717) is 39.9 Å². The zero-order valence-electron chi connectivity index (χ0n) is 15.7. The van der Waals surface area contributed by atoms with E-state index < -0.39 is 10.0 Å². The highest BCUT2D eigenvalue weighted by molar-refractivity contribution is 7.90. The van der Waals surface area contributed by atoms with Crippen LogP contribution in [0.15, 0.2) is 35.2 Å². The van der Waals surface area contributed by atoms with Crippen LogP contribution in [-0.4, -0.2) is 45.0 Å². The van der Waals surface area contributed by atoms with E-state index in [1.807, 2.05) is 19.0 Å². The Labute approximate surface area is 158 Å². The molecule has 0 radical (unpaired) electrons. The summed E-state index contributed by atoms with van der Waals surface area (Å²) in [5.74, 6) is 0.153. The van der Waals surface area contributed by atoms with Crippen molar-refractivity contribution < 1.29 is 17.5 Å². The van der Waals surface area contributed by atoms with E-state index in [1.165, 1.54) is 29.3 Å². The van der Waals surface area contributed by atoms with Crippen molar-refractivity contribution in [2.24, 2.45) is 0 Å². The van der Waals surface area contributed by atoms with Crippen molar-refractivity contribution in [1.29, 1.82) is 0 Å². The molecule has 1 aliphatic rings. The molecule has 0 amide bonds. The van der Waals surface area contributed by atoms with E-state index in [4.69, 9.17) is 4.74 Å². The van der Waals surface area contributed by atoms with Gasteiger partial charge in [-0.15, -0.1) is 0 Å². The molecule has 3 aromatic rings. The zero-order chi connectivity index (χ0) is 19.5. The standard InChI is InChI=1S/C20H21FN2O3S/c1-12-15(7-8-22(2)3)17-9-13(21)10-18-16-11-14(26-4)5-6-19(16)27(24,25)23(12)20(17)18/h5-6,9-11H,7-8H2,1-4H3. The highest BCUT2D eigenvalue weighted by Crippen LogP contribution is 2.45. The van der Waals surface area contributed by atoms with Crippen LogP contribution in [0.25, 0.3) is 22.0 Å². The Morgan fingerprint density at radius 3 is 2.56 bits per heavy atom. The maximum Gasteiger partial charge on any atom is 0.269 e. The van der Waals surface area contributed by atoms with Crippen LogP contribution in [-0.2, 0) is 16.4 Å². The van der Waals surface area contributed by atoms with Gasteiger partial charge >= 0.3 is 0 Å². The minimum absolute atomic E-state index is 0.167. The van der Waals surface area contributed by atoms with Crippen LogP contribution >= 0.6 is 0 Å². The Hall–Kier alpha value is -2.38. The van der Waals surface area contributed by atoms with Gasteiger partial charge in [-0.25, -0.2) is 16.8 Å². The van der Waals surface area contributed by atoms with Gasteiger partial charge in [-0.3, -0.25) is 0 Å². The fraction of sp³-hybridized carbons (Fsp3) is 0.300. The zero-order valence-corrected chi connectivity index (χ0v) is 16.5. The smallest absolute Gasteiger partial charge is 0.269 e. The summed E-state index contributed by atoms with van der Waals surface area (Å²) in [4.78, 5) is 2.19. The molecule has 0 saturated carbocycles. The lowest BCUT2D eigenvalue weighted by Crippen LogP contribution is -2.19. The molecule has 0 atom stereocenters. The van der Waals surface area contributed by atoms with Gasteiger partial charge in [0.25, 0.3) is 10.0 Å². The van der Waals surface area contributed by atoms with E-state index >= 15 is 0 Å². The van der Waals surface area contributed by atoms with Crippen LogP contribution < -0.4 is 4.74 Å². The number of hydrogen-bond acceptors (Lipinski definition) is 4. The van der Waals surface area contributed by atoms with Gasteiger partial charge in [0, 0.05) is 28.8 Å². The highest BCUT2D eigenvalue weighted by atomic mass is 32.2. The normalized spacial score (nSPS) is 14.6. The number of fused-ring (bicyclic) bond motifs is 2. The minimum atomic E-state index is -3.77. The molecular weight excluding hydrogens is 367 g/mol. The fourth-order valence-electron chi connectivity index (χ4n) is 3.86. The Bertz CT molecular complexity index is 1180. The van der Waals surface area contributed by atoms with Gasteiger partial charge in [0.15, 0.2) is 0 Å². The van der Waals surface area contributed by atoms with Crippen LogP contribution in [0.1, 0.15) is 11.3 Å². The van der Waals surface area contributed by atoms with E-state index in [-0.39, 0.29) is 10.7 Å². The molecule has 2 aromatic carbocycles. The average Bonchev–Trinajstić information content (AvgIpc) is 2.90. The van der Waals surface area contributed by atoms with E-state index in [9.17, 15) is 12.8 Å². The molecule has 1 aromatic heterocycles. The molecule has 0 N–H and O–H groups in total. The predicted octanol–water partition coefficient (Wildman–Crippen LogP) is 3.42. The van der Waals surface area contributed by atoms with Crippen LogP contribution in [0.4, 0.5) is 4.39 Å². The topological polar surface area (TPSA) is 51.5 Å². The maximum absolute atomic E-state index is 14.5. The van der Waals surface area contributed by atoms with Crippen LogP contribution in [0.3, 0.4) is 0 Å². The quantitative estimate of drug-likeness (QED) is 0.538. The summed E-state index contributed by atoms with van der Waals surface area (Å²) in [5.41, 5.74) is 3.10. The first-order valence-electron chi connectivity index (χ1n) is 8.68. The molecule has 0 saturated heterocycles. The number of ether oxygens (including phenoxy) is 1. The Morgan fingerprint density at radius 2 is 1.89 bits per heavy atom. The lowest BCUT2D eigenvalue weighted by Gasteiger charge is -2.21. The van der Waals surface area contributed by atoms with Crippen molar-refractivity contribution in [1.82, 2.24) is 8.87 Å². The molecule has 0 spiro atoms. The first-order valence-corrected chi connectivity index (χ1v) is 10.1. The third-order valence-electron chi connectivity index (χ3n) is 5.15. The van der Waals surface area contributed by atoms with Crippen molar-refractivity contribution in [3.05, 3.63) is 47.4 Å². The van der Waals surface area contributed by atoms with Crippen LogP contribution in [0.5, 0.6) is 5.75 Å². The molecule has 1 aliphatic heterocycles. The molecule has 5 nitrogen and oxygen atoms in total. The second kappa shape index (κ2) is 6.07. The number of rotatable bonds is 4. The molecule has 2 heterocycles. The number of hydrogen-bond donors (Lipinski definition) is 0. The number of methoxy groups -OCH3 is 1. The summed E-state index contributed by atoms with van der Waals surface area (Å²) in [6, 6.07) is 7.65. The molecule has 27 heavy (non-hydrogen) atoms. The number of aromatic nitrogens is 1. The lowest BCUT2D eigenvalue weighted by molar-refractivity contribution is 0.414. The average molecular weight is 388 g/mol. The minimum Gasteiger partial charge on any atom is -0.497 e. The largest absolute Gasteiger partial charge is 0.497 e. The van der Waals surface area contributed by atoms with Gasteiger partial charge in [0.05, 0.1) is 17.5 Å². The summed E-state index contributed by atoms with van der Waals surface area (Å²) in [6.07, 6.45) is 0.639. The summed E-state index contributed by atoms with van der Waals surface area (Å²) >= 11 is 0. The molecule has 0 unspecified atom stereocenters. The Kier molecular flexibility index (Phi) is 4.05. The summed E-state index contributed by atoms with van der Waals surface area (Å²) in [6.45, 7) is 2.53. The third kappa shape index (κ3) is 2.56. The van der Waals surface area contributed by atoms with Crippen molar-refractivity contribution in [2.45, 2.75) is 18.2 Å². The molecular formula is C20H21FN2O3S. The second-order valence-corrected chi connectivity index (χ2v) is 8.85. The summed E-state index contributed by atoms with van der Waals surface area (Å²) in [7, 11) is 1.66. The number of nitrogens with zero attached hydrogens (tertiary/aromatic N) is 2. The Morgan fingerprint density at radius 1 is 1.15 bits per heavy atom. The van der Waals surface area contributed by atoms with Gasteiger partial charge in [-0.1, -0.05) is 0 Å². The lowest BCUT2D eigenvalue weighted by atomic mass is 9.99. The Balaban J connectivity index is 2.12. The van der Waals surface area contributed by atoms with Gasteiger partial charge < -0.3 is 9.64 Å². The van der Waals surface area contributed by atoms with Gasteiger partial charge in [0.2, 0.25) is 0 Å². The first kappa shape index (κ1) is 18.0. The molecule has 142 valence electrons. The van der Waals surface area contributed by atoms with Gasteiger partial charge in [-0.05, 0) is 63.3 Å². The molecule has 4 rings (SSSR count). The van der Waals surface area contributed by atoms with E-state index in [0.717, 1.165) is 12.1 Å². The first-order chi connectivity index (χ1) is 12.8. The molecule has 0 bridgehead atoms. The van der Waals surface area contributed by atoms with Crippen LogP contribution in [0, 0.1) is 12.7 Å². The monoisotopic (exact) mass is 388 g/mol. The SMILES string of the molecule is COc1ccc2c(c1)-c1cc(F)cc3c(CCN(C)C)c(C)n(c13)S2(=O)=O. The van der Waals surface area contributed by atoms with Crippen molar-refractivity contribution in [3.8, 4) is 16.9 Å². The van der Waals surface area contributed by atoms with E-state index in [2.05, 4.69) is 0 Å². The number of benzene rings is 2. The predicted molar refractivity (Wildman–Crippen MR) is 103 cm³/mol. The summed E-state index contributed by atoms with van der Waals surface area (Å²) < 4.78 is 47.8. The van der Waals surface area contributed by atoms with Crippen molar-refractivity contribution >= 4 is 20.9 Å². The fourth-order valence-corrected chi connectivity index (χ4v) is 5.65. The van der Waals surface area contributed by atoms with E-state index in [1.54, 1.807) is 19.1 Å². The van der Waals surface area contributed by atoms with Crippen LogP contribution in [0.2, 0.25) is 0 Å². The third-order valence-corrected chi connectivity index (χ3v) is 7.00. The van der Waals surface area contributed by atoms with Crippen molar-refractivity contribution in [2.75, 3.05) is 27.7 Å². The van der Waals surface area contributed by atoms with Gasteiger partial charge in [0.1, 0.15) is 11.6 Å². The molecule has 0 aliphatic carbocycles. The number of halogens is 1. The molecule has 0 fully saturated rings. The summed E-state index contributed by atoms with van der Waals surface area (Å²) in [5, 5.41) is 0.654. The highest BCUT2D eigenvalue weighted by Gasteiger charge is 2.34. The van der Waals surface area contributed by atoms with Gasteiger partial charge in [-0.2, -0.15) is 0 Å². The van der Waals surface area contributed by atoms with Crippen molar-refractivity contribution in [3.63, 3.8) is 0 Å². The molecule has 7 heteroatoms. The second-order valence-electron chi connectivity index (χ2n) is 7.10.